The van der Waals surface area contributed by atoms with Crippen molar-refractivity contribution in [1.29, 1.82) is 0 Å². The Balaban J connectivity index is 1.78. The summed E-state index contributed by atoms with van der Waals surface area (Å²) in [7, 11) is 0. The van der Waals surface area contributed by atoms with Crippen molar-refractivity contribution < 1.29 is 19.4 Å². The Morgan fingerprint density at radius 1 is 1.37 bits per heavy atom. The molecule has 19 heavy (non-hydrogen) atoms. The minimum atomic E-state index is -0.794. The zero-order chi connectivity index (χ0) is 13.7. The summed E-state index contributed by atoms with van der Waals surface area (Å²) >= 11 is 0. The van der Waals surface area contributed by atoms with E-state index >= 15 is 0 Å². The first-order valence-electron chi connectivity index (χ1n) is 6.36. The van der Waals surface area contributed by atoms with Crippen molar-refractivity contribution >= 4 is 11.9 Å². The fourth-order valence-electron chi connectivity index (χ4n) is 2.00. The van der Waals surface area contributed by atoms with Gasteiger partial charge in [0.2, 0.25) is 5.91 Å². The molecule has 2 rings (SSSR count). The lowest BCUT2D eigenvalue weighted by Gasteiger charge is -2.12. The third kappa shape index (κ3) is 4.28. The predicted molar refractivity (Wildman–Crippen MR) is 69.1 cm³/mol. The summed E-state index contributed by atoms with van der Waals surface area (Å²) < 4.78 is 5.59. The lowest BCUT2D eigenvalue weighted by molar-refractivity contribution is -0.137. The zero-order valence-electron chi connectivity index (χ0n) is 10.6. The fraction of sp³-hybridized carbons (Fsp3) is 0.429. The van der Waals surface area contributed by atoms with E-state index in [1.165, 1.54) is 0 Å². The van der Waals surface area contributed by atoms with Crippen LogP contribution in [0.5, 0.6) is 5.75 Å². The summed E-state index contributed by atoms with van der Waals surface area (Å²) in [5.74, 6) is 0.0233. The van der Waals surface area contributed by atoms with Crippen molar-refractivity contribution in [2.45, 2.75) is 31.7 Å². The minimum Gasteiger partial charge on any atom is -0.491 e. The van der Waals surface area contributed by atoms with Crippen molar-refractivity contribution in [2.24, 2.45) is 0 Å². The molecule has 1 saturated heterocycles. The number of amides is 1. The molecule has 1 unspecified atom stereocenters. The van der Waals surface area contributed by atoms with Crippen LogP contribution in [-0.4, -0.2) is 29.6 Å². The van der Waals surface area contributed by atoms with E-state index in [4.69, 9.17) is 9.84 Å². The molecule has 0 aromatic heterocycles. The molecule has 0 spiro atoms. The summed E-state index contributed by atoms with van der Waals surface area (Å²) in [6, 6.07) is 7.48. The Labute approximate surface area is 111 Å². The van der Waals surface area contributed by atoms with Crippen LogP contribution >= 0.6 is 0 Å². The van der Waals surface area contributed by atoms with E-state index in [9.17, 15) is 9.59 Å². The van der Waals surface area contributed by atoms with Gasteiger partial charge in [0.1, 0.15) is 12.4 Å². The van der Waals surface area contributed by atoms with Crippen LogP contribution < -0.4 is 10.1 Å². The first kappa shape index (κ1) is 13.4. The second kappa shape index (κ2) is 6.22. The van der Waals surface area contributed by atoms with E-state index in [1.54, 1.807) is 0 Å². The van der Waals surface area contributed by atoms with E-state index in [1.807, 2.05) is 24.3 Å². The van der Waals surface area contributed by atoms with Gasteiger partial charge in [-0.25, -0.2) is 0 Å². The van der Waals surface area contributed by atoms with Gasteiger partial charge < -0.3 is 15.2 Å². The molecule has 0 aliphatic carbocycles. The topological polar surface area (TPSA) is 75.6 Å². The zero-order valence-corrected chi connectivity index (χ0v) is 10.6. The van der Waals surface area contributed by atoms with Crippen molar-refractivity contribution in [3.63, 3.8) is 0 Å². The number of rotatable bonds is 6. The Hall–Kier alpha value is -2.04. The Morgan fingerprint density at radius 3 is 2.68 bits per heavy atom. The number of hydrogen-bond donors (Lipinski definition) is 2. The molecule has 1 aromatic rings. The van der Waals surface area contributed by atoms with Gasteiger partial charge in [-0.2, -0.15) is 0 Å². The Kier molecular flexibility index (Phi) is 4.39. The summed E-state index contributed by atoms with van der Waals surface area (Å²) in [6.45, 7) is 0.472. The highest BCUT2D eigenvalue weighted by atomic mass is 16.5. The number of carbonyl (C=O) groups is 2. The highest BCUT2D eigenvalue weighted by Gasteiger charge is 2.20. The van der Waals surface area contributed by atoms with Crippen LogP contribution in [0.15, 0.2) is 24.3 Å². The van der Waals surface area contributed by atoms with Gasteiger partial charge in [-0.05, 0) is 30.5 Å². The molecule has 5 heteroatoms. The molecule has 1 aliphatic heterocycles. The second-order valence-corrected chi connectivity index (χ2v) is 4.65. The number of hydrogen-bond acceptors (Lipinski definition) is 3. The van der Waals surface area contributed by atoms with E-state index < -0.39 is 5.97 Å². The number of benzene rings is 1. The Bertz CT molecular complexity index is 455. The minimum absolute atomic E-state index is 0.0811. The van der Waals surface area contributed by atoms with Gasteiger partial charge in [0.15, 0.2) is 0 Å². The van der Waals surface area contributed by atoms with Crippen LogP contribution in [0.2, 0.25) is 0 Å². The van der Waals surface area contributed by atoms with Gasteiger partial charge in [0.25, 0.3) is 0 Å². The molecule has 1 heterocycles. The maximum Gasteiger partial charge on any atom is 0.303 e. The predicted octanol–water partition coefficient (Wildman–Crippen LogP) is 1.36. The molecule has 2 N–H and O–H groups in total. The SMILES string of the molecule is O=C(O)CCc1ccc(OCC2CCC(=O)N2)cc1. The molecule has 1 amide bonds. The van der Waals surface area contributed by atoms with Gasteiger partial charge in [-0.1, -0.05) is 12.1 Å². The third-order valence-corrected chi connectivity index (χ3v) is 3.09. The summed E-state index contributed by atoms with van der Waals surface area (Å²) in [4.78, 5) is 21.5. The van der Waals surface area contributed by atoms with Gasteiger partial charge in [-0.15, -0.1) is 0 Å². The van der Waals surface area contributed by atoms with E-state index in [0.717, 1.165) is 17.7 Å². The lowest BCUT2D eigenvalue weighted by atomic mass is 10.1. The molecule has 0 radical (unpaired) electrons. The second-order valence-electron chi connectivity index (χ2n) is 4.65. The number of aryl methyl sites for hydroxylation is 1. The van der Waals surface area contributed by atoms with Crippen molar-refractivity contribution in [3.05, 3.63) is 29.8 Å². The average Bonchev–Trinajstić information content (AvgIpc) is 2.81. The van der Waals surface area contributed by atoms with Crippen LogP contribution in [0.3, 0.4) is 0 Å². The monoisotopic (exact) mass is 263 g/mol. The number of carbonyl (C=O) groups excluding carboxylic acids is 1. The molecular weight excluding hydrogens is 246 g/mol. The molecule has 0 saturated carbocycles. The molecule has 1 atom stereocenters. The molecular formula is C14H17NO4. The first-order valence-corrected chi connectivity index (χ1v) is 6.36. The first-order chi connectivity index (χ1) is 9.13. The van der Waals surface area contributed by atoms with Gasteiger partial charge in [0.05, 0.1) is 6.04 Å². The fourth-order valence-corrected chi connectivity index (χ4v) is 2.00. The number of ether oxygens (including phenoxy) is 1. The molecule has 1 fully saturated rings. The van der Waals surface area contributed by atoms with E-state index in [2.05, 4.69) is 5.32 Å². The maximum atomic E-state index is 11.0. The summed E-state index contributed by atoms with van der Waals surface area (Å²) in [5.41, 5.74) is 0.976. The lowest BCUT2D eigenvalue weighted by Crippen LogP contribution is -2.30. The smallest absolute Gasteiger partial charge is 0.303 e. The van der Waals surface area contributed by atoms with Crippen molar-refractivity contribution in [1.82, 2.24) is 5.32 Å². The van der Waals surface area contributed by atoms with E-state index in [0.29, 0.717) is 19.4 Å². The van der Waals surface area contributed by atoms with Crippen LogP contribution in [0, 0.1) is 0 Å². The quantitative estimate of drug-likeness (QED) is 0.812. The molecule has 0 bridgehead atoms. The maximum absolute atomic E-state index is 11.0. The highest BCUT2D eigenvalue weighted by molar-refractivity contribution is 5.78. The van der Waals surface area contributed by atoms with Crippen LogP contribution in [-0.2, 0) is 16.0 Å². The van der Waals surface area contributed by atoms with Crippen LogP contribution in [0.25, 0.3) is 0 Å². The molecule has 1 aliphatic rings. The number of carboxylic acid groups (broad SMARTS) is 1. The Morgan fingerprint density at radius 2 is 2.11 bits per heavy atom. The van der Waals surface area contributed by atoms with Gasteiger partial charge in [-0.3, -0.25) is 9.59 Å². The third-order valence-electron chi connectivity index (χ3n) is 3.09. The van der Waals surface area contributed by atoms with Crippen LogP contribution in [0.1, 0.15) is 24.8 Å². The van der Waals surface area contributed by atoms with Crippen molar-refractivity contribution in [3.8, 4) is 5.75 Å². The number of aliphatic carboxylic acids is 1. The molecule has 5 nitrogen and oxygen atoms in total. The van der Waals surface area contributed by atoms with Crippen LogP contribution in [0.4, 0.5) is 0 Å². The largest absolute Gasteiger partial charge is 0.491 e. The normalized spacial score (nSPS) is 18.1. The van der Waals surface area contributed by atoms with E-state index in [-0.39, 0.29) is 18.4 Å². The summed E-state index contributed by atoms with van der Waals surface area (Å²) in [6.07, 6.45) is 2.04. The van der Waals surface area contributed by atoms with Gasteiger partial charge >= 0.3 is 5.97 Å². The highest BCUT2D eigenvalue weighted by Crippen LogP contribution is 2.15. The number of nitrogens with one attached hydrogen (secondary N) is 1. The molecule has 102 valence electrons. The molecule has 1 aromatic carbocycles. The average molecular weight is 263 g/mol. The van der Waals surface area contributed by atoms with Crippen molar-refractivity contribution in [2.75, 3.05) is 6.61 Å². The standard InChI is InChI=1S/C14H17NO4/c16-13-7-4-11(15-13)9-19-12-5-1-10(2-6-12)3-8-14(17)18/h1-2,5-6,11H,3-4,7-9H2,(H,15,16)(H,17,18). The summed E-state index contributed by atoms with van der Waals surface area (Å²) in [5, 5.41) is 11.4. The van der Waals surface area contributed by atoms with Gasteiger partial charge in [0, 0.05) is 12.8 Å². The number of carboxylic acids is 1.